The monoisotopic (exact) mass is 325 g/mol. The molecule has 0 heterocycles. The second-order valence-corrected chi connectivity index (χ2v) is 6.21. The third kappa shape index (κ3) is 2.64. The lowest BCUT2D eigenvalue weighted by molar-refractivity contribution is 0.0696. The number of carboxylic acids is 1. The molecule has 0 atom stereocenters. The summed E-state index contributed by atoms with van der Waals surface area (Å²) in [5.41, 5.74) is 3.44. The molecule has 1 fully saturated rings. The predicted octanol–water partition coefficient (Wildman–Crippen LogP) is 4.14. The topological polar surface area (TPSA) is 40.5 Å². The van der Waals surface area contributed by atoms with E-state index in [1.54, 1.807) is 6.07 Å². The molecule has 0 saturated heterocycles. The molecule has 0 unspecified atom stereocenters. The maximum Gasteiger partial charge on any atom is 0.336 e. The maximum atomic E-state index is 11.3. The average molecular weight is 326 g/mol. The van der Waals surface area contributed by atoms with E-state index in [-0.39, 0.29) is 0 Å². The van der Waals surface area contributed by atoms with E-state index in [1.807, 2.05) is 13.8 Å². The SMILES string of the molecule is Cc1c(Br)cc(C(=O)O)c(C)c1N(C)C1CCCC1. The number of benzene rings is 1. The van der Waals surface area contributed by atoms with Crippen molar-refractivity contribution in [3.63, 3.8) is 0 Å². The summed E-state index contributed by atoms with van der Waals surface area (Å²) in [6, 6.07) is 2.24. The summed E-state index contributed by atoms with van der Waals surface area (Å²) in [5, 5.41) is 9.31. The molecule has 0 bridgehead atoms. The van der Waals surface area contributed by atoms with Crippen LogP contribution in [0.3, 0.4) is 0 Å². The molecular weight excluding hydrogens is 306 g/mol. The van der Waals surface area contributed by atoms with Gasteiger partial charge in [-0.2, -0.15) is 0 Å². The van der Waals surface area contributed by atoms with Crippen molar-refractivity contribution >= 4 is 27.6 Å². The van der Waals surface area contributed by atoms with Gasteiger partial charge in [0.05, 0.1) is 5.56 Å². The molecule has 3 nitrogen and oxygen atoms in total. The van der Waals surface area contributed by atoms with E-state index < -0.39 is 5.97 Å². The van der Waals surface area contributed by atoms with Crippen LogP contribution in [0.25, 0.3) is 0 Å². The number of halogens is 1. The molecule has 1 aromatic rings. The highest BCUT2D eigenvalue weighted by molar-refractivity contribution is 9.10. The van der Waals surface area contributed by atoms with E-state index in [9.17, 15) is 9.90 Å². The fourth-order valence-electron chi connectivity index (χ4n) is 3.09. The molecule has 0 aromatic heterocycles. The van der Waals surface area contributed by atoms with Crippen molar-refractivity contribution in [2.75, 3.05) is 11.9 Å². The largest absolute Gasteiger partial charge is 0.478 e. The van der Waals surface area contributed by atoms with Gasteiger partial charge < -0.3 is 10.0 Å². The highest BCUT2D eigenvalue weighted by Gasteiger charge is 2.25. The van der Waals surface area contributed by atoms with Gasteiger partial charge in [-0.25, -0.2) is 4.79 Å². The first-order chi connectivity index (χ1) is 8.93. The van der Waals surface area contributed by atoms with Crippen LogP contribution in [0.15, 0.2) is 10.5 Å². The molecule has 4 heteroatoms. The lowest BCUT2D eigenvalue weighted by Gasteiger charge is -2.30. The quantitative estimate of drug-likeness (QED) is 0.907. The maximum absolute atomic E-state index is 11.3. The van der Waals surface area contributed by atoms with Crippen LogP contribution in [-0.4, -0.2) is 24.2 Å². The summed E-state index contributed by atoms with van der Waals surface area (Å²) in [6.45, 7) is 3.95. The molecule has 1 saturated carbocycles. The van der Waals surface area contributed by atoms with Gasteiger partial charge in [-0.3, -0.25) is 0 Å². The number of hydrogen-bond donors (Lipinski definition) is 1. The summed E-state index contributed by atoms with van der Waals surface area (Å²) in [6.07, 6.45) is 4.94. The van der Waals surface area contributed by atoms with Crippen molar-refractivity contribution in [1.29, 1.82) is 0 Å². The van der Waals surface area contributed by atoms with E-state index in [1.165, 1.54) is 25.7 Å². The standard InChI is InChI=1S/C15H20BrNO2/c1-9-12(15(18)19)8-13(16)10(2)14(9)17(3)11-6-4-5-7-11/h8,11H,4-7H2,1-3H3,(H,18,19). The Bertz CT molecular complexity index is 507. The second kappa shape index (κ2) is 5.53. The molecule has 104 valence electrons. The number of nitrogens with zero attached hydrogens (tertiary/aromatic N) is 1. The Morgan fingerprint density at radius 2 is 1.89 bits per heavy atom. The van der Waals surface area contributed by atoms with E-state index in [0.717, 1.165) is 21.3 Å². The van der Waals surface area contributed by atoms with Crippen LogP contribution >= 0.6 is 15.9 Å². The van der Waals surface area contributed by atoms with Gasteiger partial charge in [0, 0.05) is 23.2 Å². The van der Waals surface area contributed by atoms with E-state index in [2.05, 4.69) is 27.9 Å². The molecule has 1 aliphatic rings. The summed E-state index contributed by atoms with van der Waals surface area (Å²) >= 11 is 3.49. The van der Waals surface area contributed by atoms with Crippen LogP contribution in [0.2, 0.25) is 0 Å². The molecule has 0 aliphatic heterocycles. The Balaban J connectivity index is 2.51. The average Bonchev–Trinajstić information content (AvgIpc) is 2.87. The van der Waals surface area contributed by atoms with Crippen LogP contribution in [0.5, 0.6) is 0 Å². The van der Waals surface area contributed by atoms with Gasteiger partial charge in [0.25, 0.3) is 0 Å². The zero-order valence-electron chi connectivity index (χ0n) is 11.7. The molecule has 1 N–H and O–H groups in total. The molecule has 2 rings (SSSR count). The number of hydrogen-bond acceptors (Lipinski definition) is 2. The normalized spacial score (nSPS) is 15.8. The number of rotatable bonds is 3. The van der Waals surface area contributed by atoms with Crippen molar-refractivity contribution in [3.05, 3.63) is 27.2 Å². The van der Waals surface area contributed by atoms with E-state index in [0.29, 0.717) is 11.6 Å². The van der Waals surface area contributed by atoms with E-state index >= 15 is 0 Å². The highest BCUT2D eigenvalue weighted by Crippen LogP contribution is 2.36. The zero-order valence-corrected chi connectivity index (χ0v) is 13.2. The van der Waals surface area contributed by atoms with Crippen LogP contribution < -0.4 is 4.90 Å². The predicted molar refractivity (Wildman–Crippen MR) is 81.2 cm³/mol. The third-order valence-electron chi connectivity index (χ3n) is 4.20. The van der Waals surface area contributed by atoms with Crippen molar-refractivity contribution in [2.24, 2.45) is 0 Å². The molecular formula is C15H20BrNO2. The van der Waals surface area contributed by atoms with E-state index in [4.69, 9.17) is 0 Å². The van der Waals surface area contributed by atoms with Gasteiger partial charge in [0.1, 0.15) is 0 Å². The first kappa shape index (κ1) is 14.4. The van der Waals surface area contributed by atoms with Crippen LogP contribution in [0, 0.1) is 13.8 Å². The Morgan fingerprint density at radius 3 is 2.42 bits per heavy atom. The second-order valence-electron chi connectivity index (χ2n) is 5.36. The summed E-state index contributed by atoms with van der Waals surface area (Å²) in [5.74, 6) is -0.862. The highest BCUT2D eigenvalue weighted by atomic mass is 79.9. The van der Waals surface area contributed by atoms with Crippen molar-refractivity contribution in [3.8, 4) is 0 Å². The van der Waals surface area contributed by atoms with Crippen molar-refractivity contribution in [1.82, 2.24) is 0 Å². The number of carboxylic acid groups (broad SMARTS) is 1. The Labute approximate surface area is 122 Å². The minimum atomic E-state index is -0.862. The van der Waals surface area contributed by atoms with Gasteiger partial charge in [-0.05, 0) is 43.9 Å². The summed E-state index contributed by atoms with van der Waals surface area (Å²) in [7, 11) is 2.09. The molecule has 19 heavy (non-hydrogen) atoms. The fourth-order valence-corrected chi connectivity index (χ4v) is 3.51. The minimum Gasteiger partial charge on any atom is -0.478 e. The van der Waals surface area contributed by atoms with Gasteiger partial charge in [-0.1, -0.05) is 28.8 Å². The molecule has 0 radical (unpaired) electrons. The lowest BCUT2D eigenvalue weighted by atomic mass is 10.0. The minimum absolute atomic E-state index is 0.386. The van der Waals surface area contributed by atoms with Gasteiger partial charge >= 0.3 is 5.97 Å². The van der Waals surface area contributed by atoms with Crippen molar-refractivity contribution in [2.45, 2.75) is 45.6 Å². The van der Waals surface area contributed by atoms with Crippen LogP contribution in [0.4, 0.5) is 5.69 Å². The zero-order chi connectivity index (χ0) is 14.2. The lowest BCUT2D eigenvalue weighted by Crippen LogP contribution is -2.30. The van der Waals surface area contributed by atoms with Gasteiger partial charge in [0.2, 0.25) is 0 Å². The molecule has 1 aliphatic carbocycles. The van der Waals surface area contributed by atoms with Crippen molar-refractivity contribution < 1.29 is 9.90 Å². The Morgan fingerprint density at radius 1 is 1.32 bits per heavy atom. The van der Waals surface area contributed by atoms with Crippen LogP contribution in [-0.2, 0) is 0 Å². The Kier molecular flexibility index (Phi) is 4.19. The first-order valence-corrected chi connectivity index (χ1v) is 7.48. The number of carbonyl (C=O) groups is 1. The molecule has 0 spiro atoms. The fraction of sp³-hybridized carbons (Fsp3) is 0.533. The third-order valence-corrected chi connectivity index (χ3v) is 5.02. The summed E-state index contributed by atoms with van der Waals surface area (Å²) < 4.78 is 0.871. The van der Waals surface area contributed by atoms with Gasteiger partial charge in [-0.15, -0.1) is 0 Å². The summed E-state index contributed by atoms with van der Waals surface area (Å²) in [4.78, 5) is 13.6. The number of anilines is 1. The number of aromatic carboxylic acids is 1. The van der Waals surface area contributed by atoms with Crippen LogP contribution in [0.1, 0.15) is 47.2 Å². The smallest absolute Gasteiger partial charge is 0.336 e. The Hall–Kier alpha value is -1.03. The molecule has 0 amide bonds. The van der Waals surface area contributed by atoms with Gasteiger partial charge in [0.15, 0.2) is 0 Å². The molecule has 1 aromatic carbocycles. The first-order valence-electron chi connectivity index (χ1n) is 6.69.